The molecular formula is C25H50O4. The molecule has 0 spiro atoms. The number of hydrogen-bond donors (Lipinski definition) is 2. The Balaban J connectivity index is 3.07. The number of ether oxygens (including phenoxy) is 1. The van der Waals surface area contributed by atoms with E-state index < -0.39 is 18.7 Å². The topological polar surface area (TPSA) is 66.8 Å². The fourth-order valence-corrected chi connectivity index (χ4v) is 3.70. The largest absolute Gasteiger partial charge is 0.464 e. The Hall–Kier alpha value is -0.610. The van der Waals surface area contributed by atoms with Gasteiger partial charge in [0.25, 0.3) is 0 Å². The molecule has 0 aliphatic heterocycles. The average Bonchev–Trinajstić information content (AvgIpc) is 2.74. The molecule has 0 aliphatic rings. The predicted molar refractivity (Wildman–Crippen MR) is 122 cm³/mol. The first-order valence-electron chi connectivity index (χ1n) is 12.7. The van der Waals surface area contributed by atoms with Gasteiger partial charge >= 0.3 is 5.97 Å². The van der Waals surface area contributed by atoms with Crippen molar-refractivity contribution in [2.75, 3.05) is 13.2 Å². The first-order valence-corrected chi connectivity index (χ1v) is 12.7. The van der Waals surface area contributed by atoms with Crippen LogP contribution in [0.4, 0.5) is 0 Å². The zero-order chi connectivity index (χ0) is 21.4. The Morgan fingerprint density at radius 2 is 0.931 bits per heavy atom. The van der Waals surface area contributed by atoms with Gasteiger partial charge in [-0.3, -0.25) is 0 Å². The van der Waals surface area contributed by atoms with Gasteiger partial charge in [-0.15, -0.1) is 0 Å². The van der Waals surface area contributed by atoms with Crippen molar-refractivity contribution in [1.29, 1.82) is 0 Å². The molecule has 0 radical (unpaired) electrons. The second kappa shape index (κ2) is 23.7. The minimum atomic E-state index is -1.39. The van der Waals surface area contributed by atoms with Gasteiger partial charge in [-0.05, 0) is 6.42 Å². The zero-order valence-corrected chi connectivity index (χ0v) is 19.3. The number of carbonyl (C=O) groups is 1. The Bertz CT molecular complexity index is 333. The standard InChI is InChI=1S/C25H50O4/c1-2-3-4-5-6-7-8-9-10-11-12-13-14-15-16-17-18-19-20-21-22-29-25(28)24(27)23-26/h24,26-27H,2-23H2,1H3. The van der Waals surface area contributed by atoms with Crippen molar-refractivity contribution in [2.45, 2.75) is 141 Å². The highest BCUT2D eigenvalue weighted by Gasteiger charge is 2.14. The molecule has 2 N–H and O–H groups in total. The molecule has 1 atom stereocenters. The van der Waals surface area contributed by atoms with Crippen LogP contribution in [0.25, 0.3) is 0 Å². The number of rotatable bonds is 23. The predicted octanol–water partition coefficient (Wildman–Crippen LogP) is 6.70. The molecule has 1 unspecified atom stereocenters. The van der Waals surface area contributed by atoms with Crippen molar-refractivity contribution in [3.05, 3.63) is 0 Å². The van der Waals surface area contributed by atoms with Crippen LogP contribution in [0.2, 0.25) is 0 Å². The van der Waals surface area contributed by atoms with E-state index in [1.165, 1.54) is 116 Å². The summed E-state index contributed by atoms with van der Waals surface area (Å²) in [5, 5.41) is 17.7. The fourth-order valence-electron chi connectivity index (χ4n) is 3.70. The van der Waals surface area contributed by atoms with Crippen molar-refractivity contribution in [2.24, 2.45) is 0 Å². The summed E-state index contributed by atoms with van der Waals surface area (Å²) in [5.74, 6) is -0.717. The van der Waals surface area contributed by atoms with Gasteiger partial charge in [0.15, 0.2) is 6.10 Å². The minimum absolute atomic E-state index is 0.342. The lowest BCUT2D eigenvalue weighted by molar-refractivity contribution is -0.155. The molecule has 4 heteroatoms. The van der Waals surface area contributed by atoms with E-state index in [1.54, 1.807) is 0 Å². The van der Waals surface area contributed by atoms with Gasteiger partial charge in [0.1, 0.15) is 0 Å². The Kier molecular flexibility index (Phi) is 23.2. The molecule has 0 saturated heterocycles. The molecule has 0 saturated carbocycles. The minimum Gasteiger partial charge on any atom is -0.464 e. The Labute approximate surface area is 180 Å². The normalized spacial score (nSPS) is 12.2. The van der Waals surface area contributed by atoms with Crippen LogP contribution in [0.3, 0.4) is 0 Å². The summed E-state index contributed by atoms with van der Waals surface area (Å²) in [5.41, 5.74) is 0. The third-order valence-electron chi connectivity index (χ3n) is 5.69. The number of unbranched alkanes of at least 4 members (excludes halogenated alkanes) is 19. The molecule has 29 heavy (non-hydrogen) atoms. The fraction of sp³-hybridized carbons (Fsp3) is 0.960. The Morgan fingerprint density at radius 3 is 1.24 bits per heavy atom. The molecule has 0 aromatic carbocycles. The molecule has 4 nitrogen and oxygen atoms in total. The SMILES string of the molecule is CCCCCCCCCCCCCCCCCCCCCCOC(=O)C(O)CO. The molecule has 0 rings (SSSR count). The van der Waals surface area contributed by atoms with Crippen LogP contribution in [0.1, 0.15) is 135 Å². The highest BCUT2D eigenvalue weighted by molar-refractivity contribution is 5.74. The quantitative estimate of drug-likeness (QED) is 0.144. The molecule has 0 aromatic heterocycles. The maximum Gasteiger partial charge on any atom is 0.337 e. The van der Waals surface area contributed by atoms with Crippen LogP contribution in [-0.4, -0.2) is 35.5 Å². The first-order chi connectivity index (χ1) is 14.2. The lowest BCUT2D eigenvalue weighted by Gasteiger charge is -2.07. The van der Waals surface area contributed by atoms with Crippen molar-refractivity contribution in [1.82, 2.24) is 0 Å². The third kappa shape index (κ3) is 21.9. The molecule has 0 heterocycles. The van der Waals surface area contributed by atoms with Gasteiger partial charge in [-0.1, -0.05) is 129 Å². The maximum absolute atomic E-state index is 11.1. The summed E-state index contributed by atoms with van der Waals surface area (Å²) in [4.78, 5) is 11.1. The molecule has 0 fully saturated rings. The van der Waals surface area contributed by atoms with Crippen molar-refractivity contribution >= 4 is 5.97 Å². The van der Waals surface area contributed by atoms with E-state index in [0.29, 0.717) is 6.61 Å². The lowest BCUT2D eigenvalue weighted by atomic mass is 10.0. The highest BCUT2D eigenvalue weighted by Crippen LogP contribution is 2.14. The van der Waals surface area contributed by atoms with Crippen molar-refractivity contribution in [3.8, 4) is 0 Å². The molecule has 0 aliphatic carbocycles. The molecule has 174 valence electrons. The van der Waals surface area contributed by atoms with Gasteiger partial charge in [0.05, 0.1) is 13.2 Å². The first kappa shape index (κ1) is 28.4. The van der Waals surface area contributed by atoms with Crippen LogP contribution in [0.15, 0.2) is 0 Å². The van der Waals surface area contributed by atoms with Crippen molar-refractivity contribution < 1.29 is 19.7 Å². The van der Waals surface area contributed by atoms with Crippen LogP contribution < -0.4 is 0 Å². The summed E-state index contributed by atoms with van der Waals surface area (Å²) in [6, 6.07) is 0. The lowest BCUT2D eigenvalue weighted by Crippen LogP contribution is -2.26. The second-order valence-corrected chi connectivity index (χ2v) is 8.58. The smallest absolute Gasteiger partial charge is 0.337 e. The summed E-state index contributed by atoms with van der Waals surface area (Å²) in [7, 11) is 0. The van der Waals surface area contributed by atoms with Gasteiger partial charge < -0.3 is 14.9 Å². The number of aliphatic hydroxyl groups is 2. The van der Waals surface area contributed by atoms with E-state index in [-0.39, 0.29) is 0 Å². The molecule has 0 aromatic rings. The van der Waals surface area contributed by atoms with E-state index >= 15 is 0 Å². The number of hydrogen-bond acceptors (Lipinski definition) is 4. The van der Waals surface area contributed by atoms with Crippen LogP contribution in [0.5, 0.6) is 0 Å². The van der Waals surface area contributed by atoms with Gasteiger partial charge in [0, 0.05) is 0 Å². The molecule has 0 amide bonds. The Morgan fingerprint density at radius 1 is 0.621 bits per heavy atom. The summed E-state index contributed by atoms with van der Waals surface area (Å²) >= 11 is 0. The molecular weight excluding hydrogens is 364 g/mol. The van der Waals surface area contributed by atoms with Crippen LogP contribution in [-0.2, 0) is 9.53 Å². The van der Waals surface area contributed by atoms with E-state index in [0.717, 1.165) is 12.8 Å². The number of carbonyl (C=O) groups excluding carboxylic acids is 1. The summed E-state index contributed by atoms with van der Waals surface area (Å²) in [6.07, 6.45) is 25.4. The molecule has 0 bridgehead atoms. The monoisotopic (exact) mass is 414 g/mol. The summed E-state index contributed by atoms with van der Waals surface area (Å²) in [6.45, 7) is 2.05. The second-order valence-electron chi connectivity index (χ2n) is 8.58. The summed E-state index contributed by atoms with van der Waals surface area (Å²) < 4.78 is 4.88. The van der Waals surface area contributed by atoms with Crippen molar-refractivity contribution in [3.63, 3.8) is 0 Å². The van der Waals surface area contributed by atoms with E-state index in [4.69, 9.17) is 14.9 Å². The van der Waals surface area contributed by atoms with Gasteiger partial charge in [-0.25, -0.2) is 4.79 Å². The maximum atomic E-state index is 11.1. The number of esters is 1. The van der Waals surface area contributed by atoms with Gasteiger partial charge in [-0.2, -0.15) is 0 Å². The van der Waals surface area contributed by atoms with Gasteiger partial charge in [0.2, 0.25) is 0 Å². The van der Waals surface area contributed by atoms with Crippen LogP contribution >= 0.6 is 0 Å². The third-order valence-corrected chi connectivity index (χ3v) is 5.69. The van der Waals surface area contributed by atoms with E-state index in [9.17, 15) is 4.79 Å². The average molecular weight is 415 g/mol. The number of aliphatic hydroxyl groups excluding tert-OH is 2. The zero-order valence-electron chi connectivity index (χ0n) is 19.3. The van der Waals surface area contributed by atoms with E-state index in [1.807, 2.05) is 0 Å². The van der Waals surface area contributed by atoms with E-state index in [2.05, 4.69) is 6.92 Å². The highest BCUT2D eigenvalue weighted by atomic mass is 16.5. The van der Waals surface area contributed by atoms with Crippen LogP contribution in [0, 0.1) is 0 Å².